The van der Waals surface area contributed by atoms with E-state index in [1.165, 1.54) is 10.4 Å². The number of thiophene rings is 1. The summed E-state index contributed by atoms with van der Waals surface area (Å²) in [5, 5.41) is 5.42. The highest BCUT2D eigenvalue weighted by Gasteiger charge is 2.23. The van der Waals surface area contributed by atoms with Gasteiger partial charge >= 0.3 is 0 Å². The molecule has 0 fully saturated rings. The summed E-state index contributed by atoms with van der Waals surface area (Å²) in [5.74, 6) is -0.345. The van der Waals surface area contributed by atoms with Crippen molar-refractivity contribution in [1.82, 2.24) is 0 Å². The number of rotatable bonds is 3. The first-order valence-corrected chi connectivity index (χ1v) is 8.76. The molecule has 0 spiro atoms. The number of nitrogens with one attached hydrogen (secondary N) is 1. The summed E-state index contributed by atoms with van der Waals surface area (Å²) in [4.78, 5) is 1.59. The first kappa shape index (κ1) is 14.9. The van der Waals surface area contributed by atoms with Crippen LogP contribution in [0.5, 0.6) is 0 Å². The average Bonchev–Trinajstić information content (AvgIpc) is 2.93. The number of hydrogen-bond acceptors (Lipinski definition) is 3. The van der Waals surface area contributed by atoms with Gasteiger partial charge in [0.2, 0.25) is 0 Å². The maximum Gasteiger partial charge on any atom is 0.161 e. The lowest BCUT2D eigenvalue weighted by atomic mass is 9.94. The van der Waals surface area contributed by atoms with Gasteiger partial charge < -0.3 is 11.1 Å². The molecule has 1 aliphatic carbocycles. The van der Waals surface area contributed by atoms with E-state index in [-0.39, 0.29) is 16.8 Å². The van der Waals surface area contributed by atoms with Gasteiger partial charge in [0.25, 0.3) is 0 Å². The standard InChI is InChI=1S/C15H14BrFN2S2/c16-13-9(15(18)20)4-5-11(14(13)17)19-10-2-1-3-12-8(10)6-7-21-12/h4-7,10,19H,1-3H2,(H2,18,20). The second kappa shape index (κ2) is 6.02. The van der Waals surface area contributed by atoms with E-state index in [2.05, 4.69) is 32.7 Å². The highest BCUT2D eigenvalue weighted by molar-refractivity contribution is 9.10. The van der Waals surface area contributed by atoms with Crippen LogP contribution in [0, 0.1) is 5.82 Å². The van der Waals surface area contributed by atoms with Gasteiger partial charge in [0.1, 0.15) is 4.99 Å². The summed E-state index contributed by atoms with van der Waals surface area (Å²) < 4.78 is 14.8. The normalized spacial score (nSPS) is 17.3. The zero-order chi connectivity index (χ0) is 15.0. The van der Waals surface area contributed by atoms with Gasteiger partial charge in [0.05, 0.1) is 16.2 Å². The predicted octanol–water partition coefficient (Wildman–Crippen LogP) is 4.77. The molecule has 2 aromatic rings. The van der Waals surface area contributed by atoms with Gasteiger partial charge in [-0.25, -0.2) is 4.39 Å². The Hall–Kier alpha value is -0.980. The van der Waals surface area contributed by atoms with E-state index < -0.39 is 0 Å². The molecular formula is C15H14BrFN2S2. The van der Waals surface area contributed by atoms with Crippen LogP contribution in [0.15, 0.2) is 28.1 Å². The number of benzene rings is 1. The maximum atomic E-state index is 14.5. The van der Waals surface area contributed by atoms with Gasteiger partial charge in [0.15, 0.2) is 5.82 Å². The summed E-state index contributed by atoms with van der Waals surface area (Å²) in [6, 6.07) is 5.74. The van der Waals surface area contributed by atoms with E-state index in [9.17, 15) is 4.39 Å². The number of hydrogen-bond donors (Lipinski definition) is 2. The third kappa shape index (κ3) is 2.84. The van der Waals surface area contributed by atoms with Gasteiger partial charge in [-0.2, -0.15) is 0 Å². The van der Waals surface area contributed by atoms with Crippen LogP contribution in [0.1, 0.15) is 34.9 Å². The highest BCUT2D eigenvalue weighted by Crippen LogP contribution is 2.37. The van der Waals surface area contributed by atoms with Crippen molar-refractivity contribution in [3.63, 3.8) is 0 Å². The molecule has 3 N–H and O–H groups in total. The quantitative estimate of drug-likeness (QED) is 0.748. The molecule has 3 rings (SSSR count). The summed E-state index contributed by atoms with van der Waals surface area (Å²) >= 11 is 9.93. The lowest BCUT2D eigenvalue weighted by Crippen LogP contribution is -2.17. The van der Waals surface area contributed by atoms with E-state index in [0.29, 0.717) is 15.7 Å². The van der Waals surface area contributed by atoms with E-state index in [4.69, 9.17) is 18.0 Å². The third-order valence-electron chi connectivity index (χ3n) is 3.73. The number of aryl methyl sites for hydroxylation is 1. The van der Waals surface area contributed by atoms with Crippen molar-refractivity contribution in [2.24, 2.45) is 5.73 Å². The second-order valence-electron chi connectivity index (χ2n) is 5.04. The van der Waals surface area contributed by atoms with E-state index in [1.54, 1.807) is 23.5 Å². The van der Waals surface area contributed by atoms with Crippen LogP contribution < -0.4 is 11.1 Å². The van der Waals surface area contributed by atoms with Crippen LogP contribution in [0.2, 0.25) is 0 Å². The zero-order valence-electron chi connectivity index (χ0n) is 11.2. The monoisotopic (exact) mass is 384 g/mol. The zero-order valence-corrected chi connectivity index (χ0v) is 14.4. The number of anilines is 1. The molecule has 21 heavy (non-hydrogen) atoms. The number of fused-ring (bicyclic) bond motifs is 1. The van der Waals surface area contributed by atoms with Gasteiger partial charge in [-0.3, -0.25) is 0 Å². The molecule has 0 saturated heterocycles. The number of halogens is 2. The molecule has 1 unspecified atom stereocenters. The van der Waals surface area contributed by atoms with Gasteiger partial charge in [-0.15, -0.1) is 11.3 Å². The van der Waals surface area contributed by atoms with Gasteiger partial charge in [0, 0.05) is 10.4 Å². The molecule has 1 atom stereocenters. The Morgan fingerprint density at radius 3 is 3.00 bits per heavy atom. The molecule has 0 saturated carbocycles. The van der Waals surface area contributed by atoms with Crippen LogP contribution in [-0.2, 0) is 6.42 Å². The minimum Gasteiger partial charge on any atom is -0.389 e. The Bertz CT molecular complexity index is 699. The summed E-state index contributed by atoms with van der Waals surface area (Å²) in [6.45, 7) is 0. The molecular weight excluding hydrogens is 371 g/mol. The van der Waals surface area contributed by atoms with Crippen LogP contribution in [0.4, 0.5) is 10.1 Å². The van der Waals surface area contributed by atoms with Gasteiger partial charge in [-0.1, -0.05) is 12.2 Å². The van der Waals surface area contributed by atoms with Crippen LogP contribution >= 0.6 is 39.5 Å². The van der Waals surface area contributed by atoms with E-state index in [0.717, 1.165) is 19.3 Å². The molecule has 0 amide bonds. The van der Waals surface area contributed by atoms with Crippen molar-refractivity contribution >= 4 is 50.2 Å². The maximum absolute atomic E-state index is 14.5. The van der Waals surface area contributed by atoms with Crippen molar-refractivity contribution in [3.05, 3.63) is 49.9 Å². The van der Waals surface area contributed by atoms with Crippen molar-refractivity contribution in [2.75, 3.05) is 5.32 Å². The topological polar surface area (TPSA) is 38.0 Å². The molecule has 110 valence electrons. The molecule has 0 radical (unpaired) electrons. The first-order valence-electron chi connectivity index (χ1n) is 6.68. The van der Waals surface area contributed by atoms with Crippen molar-refractivity contribution < 1.29 is 4.39 Å². The molecule has 0 bridgehead atoms. The Morgan fingerprint density at radius 1 is 1.43 bits per heavy atom. The molecule has 1 aliphatic rings. The molecule has 6 heteroatoms. The lowest BCUT2D eigenvalue weighted by Gasteiger charge is -2.25. The summed E-state index contributed by atoms with van der Waals surface area (Å²) in [6.07, 6.45) is 3.26. The first-order chi connectivity index (χ1) is 10.1. The average molecular weight is 385 g/mol. The van der Waals surface area contributed by atoms with E-state index in [1.807, 2.05) is 0 Å². The van der Waals surface area contributed by atoms with Crippen molar-refractivity contribution in [1.29, 1.82) is 0 Å². The Morgan fingerprint density at radius 2 is 2.24 bits per heavy atom. The van der Waals surface area contributed by atoms with Crippen molar-refractivity contribution in [2.45, 2.75) is 25.3 Å². The van der Waals surface area contributed by atoms with Crippen molar-refractivity contribution in [3.8, 4) is 0 Å². The van der Waals surface area contributed by atoms with Crippen LogP contribution in [0.3, 0.4) is 0 Å². The molecule has 0 aliphatic heterocycles. The third-order valence-corrected chi connectivity index (χ3v) is 5.72. The molecule has 2 nitrogen and oxygen atoms in total. The lowest BCUT2D eigenvalue weighted by molar-refractivity contribution is 0.590. The van der Waals surface area contributed by atoms with Crippen LogP contribution in [-0.4, -0.2) is 4.99 Å². The van der Waals surface area contributed by atoms with E-state index >= 15 is 0 Å². The molecule has 1 heterocycles. The Labute approximate surface area is 140 Å². The Balaban J connectivity index is 1.90. The largest absolute Gasteiger partial charge is 0.389 e. The minimum absolute atomic E-state index is 0.164. The van der Waals surface area contributed by atoms with Gasteiger partial charge in [-0.05, 0) is 64.3 Å². The predicted molar refractivity (Wildman–Crippen MR) is 93.6 cm³/mol. The SMILES string of the molecule is NC(=S)c1ccc(NC2CCCc3sccc32)c(F)c1Br. The molecule has 1 aromatic heterocycles. The summed E-state index contributed by atoms with van der Waals surface area (Å²) in [7, 11) is 0. The smallest absolute Gasteiger partial charge is 0.161 e. The number of thiocarbonyl (C=S) groups is 1. The second-order valence-corrected chi connectivity index (χ2v) is 7.27. The fourth-order valence-electron chi connectivity index (χ4n) is 2.68. The summed E-state index contributed by atoms with van der Waals surface area (Å²) in [5.41, 5.74) is 7.87. The minimum atomic E-state index is -0.345. The number of nitrogens with two attached hydrogens (primary N) is 1. The fourth-order valence-corrected chi connectivity index (χ4v) is 4.52. The highest BCUT2D eigenvalue weighted by atomic mass is 79.9. The van der Waals surface area contributed by atoms with Crippen LogP contribution in [0.25, 0.3) is 0 Å². The fraction of sp³-hybridized carbons (Fsp3) is 0.267. The molecule has 1 aromatic carbocycles. The Kier molecular flexibility index (Phi) is 4.28.